The first-order chi connectivity index (χ1) is 10.4. The van der Waals surface area contributed by atoms with Gasteiger partial charge < -0.3 is 14.8 Å². The number of nitrogens with one attached hydrogen (secondary N) is 1. The summed E-state index contributed by atoms with van der Waals surface area (Å²) in [4.78, 5) is 4.44. The molecule has 1 N–H and O–H groups in total. The third kappa shape index (κ3) is 3.24. The molecule has 2 aromatic rings. The van der Waals surface area contributed by atoms with Crippen molar-refractivity contribution < 1.29 is 9.47 Å². The summed E-state index contributed by atoms with van der Waals surface area (Å²) in [7, 11) is 0. The van der Waals surface area contributed by atoms with E-state index in [1.165, 1.54) is 0 Å². The molecule has 1 aliphatic rings. The van der Waals surface area contributed by atoms with Gasteiger partial charge in [-0.1, -0.05) is 6.08 Å². The van der Waals surface area contributed by atoms with Crippen LogP contribution in [0.3, 0.4) is 0 Å². The van der Waals surface area contributed by atoms with Gasteiger partial charge in [0.05, 0.1) is 0 Å². The fourth-order valence-corrected chi connectivity index (χ4v) is 2.84. The summed E-state index contributed by atoms with van der Waals surface area (Å²) in [5.74, 6) is 4.50. The van der Waals surface area contributed by atoms with Gasteiger partial charge in [0, 0.05) is 29.6 Å². The van der Waals surface area contributed by atoms with Gasteiger partial charge in [-0.05, 0) is 23.6 Å². The molecule has 0 radical (unpaired) electrons. The molecule has 2 heterocycles. The molecule has 110 valence electrons. The standard InChI is InChI=1S/C16H18N2O2S/c1-2-8-21-9-5-18-16-13-11-15-14(19-6-7-20-15)10-12(13)3-4-17-16/h2-4,10-11H,1,5-9H2,(H,17,18). The van der Waals surface area contributed by atoms with E-state index in [4.69, 9.17) is 9.47 Å². The molecular weight excluding hydrogens is 284 g/mol. The number of thioether (sulfide) groups is 1. The van der Waals surface area contributed by atoms with Crippen molar-refractivity contribution in [3.05, 3.63) is 37.1 Å². The lowest BCUT2D eigenvalue weighted by atomic mass is 10.1. The van der Waals surface area contributed by atoms with Gasteiger partial charge in [-0.2, -0.15) is 11.8 Å². The van der Waals surface area contributed by atoms with Crippen molar-refractivity contribution in [3.8, 4) is 11.5 Å². The Balaban J connectivity index is 1.80. The zero-order valence-electron chi connectivity index (χ0n) is 11.8. The van der Waals surface area contributed by atoms with E-state index in [2.05, 4.69) is 16.9 Å². The average Bonchev–Trinajstić information content (AvgIpc) is 2.53. The van der Waals surface area contributed by atoms with Crippen LogP contribution in [-0.4, -0.2) is 36.2 Å². The Hall–Kier alpha value is -1.88. The molecule has 0 saturated carbocycles. The first kappa shape index (κ1) is 14.1. The lowest BCUT2D eigenvalue weighted by Gasteiger charge is -2.19. The third-order valence-corrected chi connectivity index (χ3v) is 4.17. The highest BCUT2D eigenvalue weighted by molar-refractivity contribution is 7.99. The minimum atomic E-state index is 0.597. The highest BCUT2D eigenvalue weighted by Gasteiger charge is 2.14. The van der Waals surface area contributed by atoms with E-state index in [-0.39, 0.29) is 0 Å². The summed E-state index contributed by atoms with van der Waals surface area (Å²) >= 11 is 1.85. The van der Waals surface area contributed by atoms with E-state index >= 15 is 0 Å². The monoisotopic (exact) mass is 302 g/mol. The highest BCUT2D eigenvalue weighted by atomic mass is 32.2. The molecule has 0 aliphatic carbocycles. The Morgan fingerprint density at radius 1 is 1.29 bits per heavy atom. The zero-order chi connectivity index (χ0) is 14.5. The van der Waals surface area contributed by atoms with Crippen LogP contribution in [0.4, 0.5) is 5.82 Å². The van der Waals surface area contributed by atoms with Crippen molar-refractivity contribution >= 4 is 28.4 Å². The largest absolute Gasteiger partial charge is 0.486 e. The van der Waals surface area contributed by atoms with Crippen LogP contribution >= 0.6 is 11.8 Å². The van der Waals surface area contributed by atoms with Crippen LogP contribution in [0.25, 0.3) is 10.8 Å². The molecule has 4 nitrogen and oxygen atoms in total. The van der Waals surface area contributed by atoms with Crippen LogP contribution in [0.1, 0.15) is 0 Å². The average molecular weight is 302 g/mol. The number of ether oxygens (including phenoxy) is 2. The van der Waals surface area contributed by atoms with E-state index in [1.807, 2.05) is 42.2 Å². The molecule has 0 bridgehead atoms. The Bertz CT molecular complexity index is 645. The van der Waals surface area contributed by atoms with Crippen LogP contribution in [0.2, 0.25) is 0 Å². The van der Waals surface area contributed by atoms with Crippen molar-refractivity contribution in [1.29, 1.82) is 0 Å². The van der Waals surface area contributed by atoms with Crippen LogP contribution in [-0.2, 0) is 0 Å². The minimum Gasteiger partial charge on any atom is -0.486 e. The number of benzene rings is 1. The number of nitrogens with zero attached hydrogens (tertiary/aromatic N) is 1. The molecule has 0 unspecified atom stereocenters. The molecule has 0 fully saturated rings. The Kier molecular flexibility index (Phi) is 4.50. The fourth-order valence-electron chi connectivity index (χ4n) is 2.26. The lowest BCUT2D eigenvalue weighted by molar-refractivity contribution is 0.172. The SMILES string of the molecule is C=CCSCCNc1nccc2cc3c(cc12)OCCO3. The fraction of sp³-hybridized carbons (Fsp3) is 0.312. The van der Waals surface area contributed by atoms with Crippen LogP contribution in [0.5, 0.6) is 11.5 Å². The highest BCUT2D eigenvalue weighted by Crippen LogP contribution is 2.36. The number of hydrogen-bond donors (Lipinski definition) is 1. The summed E-state index contributed by atoms with van der Waals surface area (Å²) in [6, 6.07) is 6.02. The lowest BCUT2D eigenvalue weighted by Crippen LogP contribution is -2.15. The number of rotatable bonds is 6. The Morgan fingerprint density at radius 3 is 2.90 bits per heavy atom. The topological polar surface area (TPSA) is 43.4 Å². The molecule has 0 saturated heterocycles. The predicted octanol–water partition coefficient (Wildman–Crippen LogP) is 3.34. The summed E-state index contributed by atoms with van der Waals surface area (Å²) in [5.41, 5.74) is 0. The molecule has 21 heavy (non-hydrogen) atoms. The third-order valence-electron chi connectivity index (χ3n) is 3.20. The molecule has 1 aromatic heterocycles. The summed E-state index contributed by atoms with van der Waals surface area (Å²) in [5, 5.41) is 5.56. The summed E-state index contributed by atoms with van der Waals surface area (Å²) < 4.78 is 11.3. The van der Waals surface area contributed by atoms with E-state index in [0.29, 0.717) is 13.2 Å². The van der Waals surface area contributed by atoms with Gasteiger partial charge in [0.2, 0.25) is 0 Å². The van der Waals surface area contributed by atoms with Crippen molar-refractivity contribution in [2.24, 2.45) is 0 Å². The molecule has 0 amide bonds. The maximum absolute atomic E-state index is 5.65. The van der Waals surface area contributed by atoms with Crippen LogP contribution < -0.4 is 14.8 Å². The first-order valence-electron chi connectivity index (χ1n) is 6.99. The molecule has 0 spiro atoms. The minimum absolute atomic E-state index is 0.597. The first-order valence-corrected chi connectivity index (χ1v) is 8.15. The number of pyridine rings is 1. The normalized spacial score (nSPS) is 13.1. The summed E-state index contributed by atoms with van der Waals surface area (Å²) in [6.07, 6.45) is 3.74. The second kappa shape index (κ2) is 6.72. The van der Waals surface area contributed by atoms with Crippen molar-refractivity contribution in [2.75, 3.05) is 36.6 Å². The van der Waals surface area contributed by atoms with Crippen molar-refractivity contribution in [2.45, 2.75) is 0 Å². The second-order valence-corrected chi connectivity index (χ2v) is 5.82. The van der Waals surface area contributed by atoms with Crippen molar-refractivity contribution in [3.63, 3.8) is 0 Å². The van der Waals surface area contributed by atoms with Gasteiger partial charge in [-0.3, -0.25) is 0 Å². The molecule has 3 rings (SSSR count). The van der Waals surface area contributed by atoms with Gasteiger partial charge in [-0.15, -0.1) is 6.58 Å². The van der Waals surface area contributed by atoms with Gasteiger partial charge in [0.1, 0.15) is 19.0 Å². The Labute approximate surface area is 128 Å². The summed E-state index contributed by atoms with van der Waals surface area (Å²) in [6.45, 7) is 5.80. The van der Waals surface area contributed by atoms with E-state index in [0.717, 1.165) is 46.1 Å². The quantitative estimate of drug-likeness (QED) is 0.655. The van der Waals surface area contributed by atoms with Crippen LogP contribution in [0, 0.1) is 0 Å². The maximum atomic E-state index is 5.65. The molecule has 0 atom stereocenters. The van der Waals surface area contributed by atoms with Crippen molar-refractivity contribution in [1.82, 2.24) is 4.98 Å². The number of fused-ring (bicyclic) bond motifs is 2. The predicted molar refractivity (Wildman–Crippen MR) is 88.7 cm³/mol. The number of anilines is 1. The molecule has 1 aromatic carbocycles. The van der Waals surface area contributed by atoms with E-state index in [9.17, 15) is 0 Å². The van der Waals surface area contributed by atoms with Gasteiger partial charge in [-0.25, -0.2) is 4.98 Å². The van der Waals surface area contributed by atoms with Gasteiger partial charge >= 0.3 is 0 Å². The van der Waals surface area contributed by atoms with Gasteiger partial charge in [0.15, 0.2) is 11.5 Å². The molecular formula is C16H18N2O2S. The molecule has 1 aliphatic heterocycles. The Morgan fingerprint density at radius 2 is 2.10 bits per heavy atom. The molecule has 5 heteroatoms. The van der Waals surface area contributed by atoms with Crippen LogP contribution in [0.15, 0.2) is 37.1 Å². The maximum Gasteiger partial charge on any atom is 0.162 e. The van der Waals surface area contributed by atoms with E-state index < -0.39 is 0 Å². The number of hydrogen-bond acceptors (Lipinski definition) is 5. The zero-order valence-corrected chi connectivity index (χ0v) is 12.6. The number of aromatic nitrogens is 1. The second-order valence-electron chi connectivity index (χ2n) is 4.67. The van der Waals surface area contributed by atoms with E-state index in [1.54, 1.807) is 0 Å². The smallest absolute Gasteiger partial charge is 0.162 e. The van der Waals surface area contributed by atoms with Gasteiger partial charge in [0.25, 0.3) is 0 Å².